The van der Waals surface area contributed by atoms with Crippen LogP contribution < -0.4 is 68.9 Å². The Morgan fingerprint density at radius 1 is 0.643 bits per heavy atom. The largest absolute Gasteiger partial charge is 1.00 e. The monoisotopic (exact) mass is 460 g/mol. The molecule has 154 valence electrons. The predicted molar refractivity (Wildman–Crippen MR) is 93.5 cm³/mol. The minimum absolute atomic E-state index is 0. The molecule has 0 heterocycles. The molecule has 0 radical (unpaired) electrons. The van der Waals surface area contributed by atoms with Crippen LogP contribution in [0.4, 0.5) is 0 Å². The second kappa shape index (κ2) is 19.0. The van der Waals surface area contributed by atoms with Gasteiger partial charge in [0.1, 0.15) is 0 Å². The van der Waals surface area contributed by atoms with E-state index in [1.54, 1.807) is 0 Å². The molecule has 0 spiro atoms. The third kappa shape index (κ3) is 18.0. The van der Waals surface area contributed by atoms with E-state index >= 15 is 0 Å². The summed E-state index contributed by atoms with van der Waals surface area (Å²) in [4.78, 5) is 39.2. The van der Waals surface area contributed by atoms with Gasteiger partial charge < -0.3 is 34.6 Å². The summed E-state index contributed by atoms with van der Waals surface area (Å²) in [6, 6.07) is 0. The fraction of sp³-hybridized carbons (Fsp3) is 0.857. The van der Waals surface area contributed by atoms with Crippen LogP contribution in [0.25, 0.3) is 0 Å². The van der Waals surface area contributed by atoms with Crippen LogP contribution in [0.1, 0.15) is 77.0 Å². The first-order valence-electron chi connectivity index (χ1n) is 8.63. The van der Waals surface area contributed by atoms with Crippen molar-refractivity contribution in [2.75, 3.05) is 0 Å². The van der Waals surface area contributed by atoms with Crippen molar-refractivity contribution >= 4 is 26.1 Å². The van der Waals surface area contributed by atoms with Gasteiger partial charge in [-0.15, -0.1) is 0 Å². The summed E-state index contributed by atoms with van der Waals surface area (Å²) in [6.45, 7) is 0. The Morgan fingerprint density at radius 2 is 0.929 bits per heavy atom. The quantitative estimate of drug-likeness (QED) is 0.0481. The first kappa shape index (κ1) is 33.9. The molecule has 0 aliphatic carbocycles. The number of nitrogens with zero attached hydrogens (tertiary/aromatic N) is 2. The standard InChI is InChI=1S/C14H30N2O8P2.2Na/c17-15-13(25(19,20)21)11-9-7-5-3-1-2-4-6-8-10-12-14(16-18)26(22,23)24;;/h17-18H,1-12H2,(H2,19,20,21)(H2,22,23,24);;/q;2*+1/p-2. The van der Waals surface area contributed by atoms with E-state index in [0.29, 0.717) is 12.8 Å². The molecule has 14 heteroatoms. The van der Waals surface area contributed by atoms with Crippen LogP contribution >= 0.6 is 15.2 Å². The van der Waals surface area contributed by atoms with Crippen LogP contribution in [0, 0.1) is 0 Å². The van der Waals surface area contributed by atoms with E-state index < -0.39 is 26.1 Å². The Bertz CT molecular complexity index is 503. The molecule has 4 N–H and O–H groups in total. The molecule has 0 saturated heterocycles. The number of hydrogen-bond donors (Lipinski definition) is 4. The van der Waals surface area contributed by atoms with Gasteiger partial charge in [-0.05, 0) is 26.9 Å². The molecular formula is C14H28N2Na2O8P2. The minimum atomic E-state index is -4.94. The van der Waals surface area contributed by atoms with Gasteiger partial charge in [0.15, 0.2) is 5.45 Å². The van der Waals surface area contributed by atoms with Gasteiger partial charge in [-0.3, -0.25) is 4.57 Å². The minimum Gasteiger partial charge on any atom is -0.806 e. The average Bonchev–Trinajstić information content (AvgIpc) is 2.53. The summed E-state index contributed by atoms with van der Waals surface area (Å²) in [5.74, 6) is 0. The zero-order chi connectivity index (χ0) is 20.1. The molecule has 0 aromatic heterocycles. The normalized spacial score (nSPS) is 13.0. The van der Waals surface area contributed by atoms with Crippen LogP contribution in [0.3, 0.4) is 0 Å². The van der Waals surface area contributed by atoms with E-state index in [9.17, 15) is 18.9 Å². The van der Waals surface area contributed by atoms with Crippen LogP contribution in [0.15, 0.2) is 10.3 Å². The van der Waals surface area contributed by atoms with Gasteiger partial charge in [0.2, 0.25) is 0 Å². The molecule has 0 amide bonds. The molecular weight excluding hydrogens is 432 g/mol. The average molecular weight is 460 g/mol. The summed E-state index contributed by atoms with van der Waals surface area (Å²) in [5, 5.41) is 22.2. The predicted octanol–water partition coefficient (Wildman–Crippen LogP) is -3.66. The van der Waals surface area contributed by atoms with E-state index in [0.717, 1.165) is 51.4 Å². The van der Waals surface area contributed by atoms with Crippen molar-refractivity contribution in [3.63, 3.8) is 0 Å². The molecule has 0 atom stereocenters. The second-order valence-corrected chi connectivity index (χ2v) is 9.22. The van der Waals surface area contributed by atoms with Gasteiger partial charge in [0.05, 0.1) is 5.45 Å². The molecule has 0 aliphatic rings. The summed E-state index contributed by atoms with van der Waals surface area (Å²) in [6.07, 6.45) is 8.51. The molecule has 0 rings (SSSR count). The smallest absolute Gasteiger partial charge is 0.806 e. The van der Waals surface area contributed by atoms with E-state index in [4.69, 9.17) is 20.2 Å². The van der Waals surface area contributed by atoms with Crippen LogP contribution in [0.5, 0.6) is 0 Å². The Kier molecular flexibility index (Phi) is 22.9. The second-order valence-electron chi connectivity index (χ2n) is 6.11. The molecule has 0 fully saturated rings. The first-order valence-corrected chi connectivity index (χ1v) is 11.8. The van der Waals surface area contributed by atoms with E-state index in [2.05, 4.69) is 10.3 Å². The summed E-state index contributed by atoms with van der Waals surface area (Å²) < 4.78 is 21.6. The Balaban J connectivity index is -0.00000312. The fourth-order valence-corrected chi connectivity index (χ4v) is 3.58. The molecule has 0 bridgehead atoms. The number of hydrogen-bond acceptors (Lipinski definition) is 8. The first-order chi connectivity index (χ1) is 12.1. The van der Waals surface area contributed by atoms with Crippen molar-refractivity contribution in [2.45, 2.75) is 77.0 Å². The molecule has 0 saturated carbocycles. The van der Waals surface area contributed by atoms with E-state index in [-0.39, 0.29) is 72.0 Å². The van der Waals surface area contributed by atoms with Crippen molar-refractivity contribution < 1.29 is 98.2 Å². The summed E-state index contributed by atoms with van der Waals surface area (Å²) >= 11 is 0. The topological polar surface area (TPSA) is 186 Å². The zero-order valence-electron chi connectivity index (χ0n) is 16.7. The molecule has 0 aromatic rings. The van der Waals surface area contributed by atoms with Crippen molar-refractivity contribution in [1.82, 2.24) is 0 Å². The Hall–Kier alpha value is 1.24. The molecule has 10 nitrogen and oxygen atoms in total. The van der Waals surface area contributed by atoms with Crippen molar-refractivity contribution in [3.05, 3.63) is 0 Å². The van der Waals surface area contributed by atoms with Gasteiger partial charge in [0, 0.05) is 6.42 Å². The van der Waals surface area contributed by atoms with Gasteiger partial charge in [-0.25, -0.2) is 0 Å². The van der Waals surface area contributed by atoms with Gasteiger partial charge in [-0.2, -0.15) is 0 Å². The molecule has 0 aromatic carbocycles. The maximum Gasteiger partial charge on any atom is 1.00 e. The van der Waals surface area contributed by atoms with Gasteiger partial charge in [0.25, 0.3) is 0 Å². The molecule has 0 aliphatic heterocycles. The number of oxime groups is 2. The van der Waals surface area contributed by atoms with Crippen LogP contribution in [0.2, 0.25) is 0 Å². The molecule has 0 unspecified atom stereocenters. The third-order valence-electron chi connectivity index (χ3n) is 3.93. The van der Waals surface area contributed by atoms with Gasteiger partial charge >= 0.3 is 66.7 Å². The Morgan fingerprint density at radius 3 is 1.18 bits per heavy atom. The number of rotatable bonds is 15. The van der Waals surface area contributed by atoms with Crippen LogP contribution in [-0.4, -0.2) is 31.1 Å². The van der Waals surface area contributed by atoms with Crippen molar-refractivity contribution in [1.29, 1.82) is 0 Å². The summed E-state index contributed by atoms with van der Waals surface area (Å²) in [5.41, 5.74) is -1.16. The van der Waals surface area contributed by atoms with Crippen molar-refractivity contribution in [3.8, 4) is 0 Å². The van der Waals surface area contributed by atoms with E-state index in [1.165, 1.54) is 0 Å². The van der Waals surface area contributed by atoms with Crippen LogP contribution in [-0.2, 0) is 9.13 Å². The summed E-state index contributed by atoms with van der Waals surface area (Å²) in [7, 11) is -9.38. The number of unbranched alkanes of at least 4 members (excludes halogenated alkanes) is 9. The zero-order valence-corrected chi connectivity index (χ0v) is 22.5. The molecule has 28 heavy (non-hydrogen) atoms. The van der Waals surface area contributed by atoms with Crippen molar-refractivity contribution in [2.24, 2.45) is 10.3 Å². The fourth-order valence-electron chi connectivity index (χ4n) is 2.48. The van der Waals surface area contributed by atoms with Gasteiger partial charge in [-0.1, -0.05) is 61.7 Å². The SMILES string of the molecule is O=P([O-])([O-])C(CCCCCCCCCCCCC(=NO)P(=O)(O)O)=NO.[Na+].[Na+]. The maximum absolute atomic E-state index is 10.9. The van der Waals surface area contributed by atoms with E-state index in [1.807, 2.05) is 0 Å². The third-order valence-corrected chi connectivity index (χ3v) is 5.86. The maximum atomic E-state index is 10.9. The Labute approximate surface area is 210 Å².